The molecule has 0 aliphatic carbocycles. The van der Waals surface area contributed by atoms with E-state index in [1.807, 2.05) is 18.2 Å². The number of para-hydroxylation sites is 1. The van der Waals surface area contributed by atoms with E-state index in [-0.39, 0.29) is 0 Å². The SMILES string of the molecule is c1ccc(-c2cccc(-c3cc(-c4ccccc4)nc(-c4ccc(-c5cc6c7cccc(-c8ccccc8)c7oc6c6ccccc56)c5ccccc45)n3)c2)cc1. The summed E-state index contributed by atoms with van der Waals surface area (Å²) < 4.78 is 6.82. The van der Waals surface area contributed by atoms with Gasteiger partial charge in [-0.15, -0.1) is 0 Å². The minimum absolute atomic E-state index is 0.689. The monoisotopic (exact) mass is 726 g/mol. The van der Waals surface area contributed by atoms with Crippen molar-refractivity contribution in [2.75, 3.05) is 0 Å². The molecular weight excluding hydrogens is 693 g/mol. The van der Waals surface area contributed by atoms with Crippen LogP contribution in [0.2, 0.25) is 0 Å². The first-order valence-corrected chi connectivity index (χ1v) is 19.3. The number of benzene rings is 9. The van der Waals surface area contributed by atoms with Gasteiger partial charge in [-0.3, -0.25) is 0 Å². The van der Waals surface area contributed by atoms with Crippen molar-refractivity contribution in [3.8, 4) is 67.3 Å². The molecule has 11 aromatic rings. The van der Waals surface area contributed by atoms with Gasteiger partial charge in [0, 0.05) is 38.4 Å². The highest BCUT2D eigenvalue weighted by atomic mass is 16.3. The number of hydrogen-bond acceptors (Lipinski definition) is 3. The van der Waals surface area contributed by atoms with Gasteiger partial charge in [-0.2, -0.15) is 0 Å². The quantitative estimate of drug-likeness (QED) is 0.171. The molecule has 3 nitrogen and oxygen atoms in total. The number of fused-ring (bicyclic) bond motifs is 6. The van der Waals surface area contributed by atoms with Crippen LogP contribution in [0.5, 0.6) is 0 Å². The highest BCUT2D eigenvalue weighted by Crippen LogP contribution is 2.45. The zero-order chi connectivity index (χ0) is 37.7. The van der Waals surface area contributed by atoms with Gasteiger partial charge in [-0.1, -0.05) is 182 Å². The second-order valence-corrected chi connectivity index (χ2v) is 14.5. The Balaban J connectivity index is 1.12. The number of nitrogens with zero attached hydrogens (tertiary/aromatic N) is 2. The standard InChI is InChI=1S/C54H34N2O/c1-4-16-35(17-5-1)38-22-14-23-39(32-38)51-34-50(37-20-8-3-9-21-37)55-54(56-51)47-31-30-44(41-24-10-11-25-42(41)47)48-33-49-46-29-15-28-40(36-18-6-2-7-19-36)52(46)57-53(49)45-27-13-12-26-43(45)48/h1-34H. The predicted molar refractivity (Wildman–Crippen MR) is 237 cm³/mol. The molecule has 57 heavy (non-hydrogen) atoms. The van der Waals surface area contributed by atoms with Gasteiger partial charge in [-0.25, -0.2) is 9.97 Å². The Hall–Kier alpha value is -7.62. The molecule has 11 rings (SSSR count). The van der Waals surface area contributed by atoms with Gasteiger partial charge in [0.15, 0.2) is 5.82 Å². The zero-order valence-corrected chi connectivity index (χ0v) is 30.9. The first-order valence-electron chi connectivity index (χ1n) is 19.3. The van der Waals surface area contributed by atoms with E-state index in [1.54, 1.807) is 0 Å². The molecule has 0 N–H and O–H groups in total. The van der Waals surface area contributed by atoms with Crippen LogP contribution >= 0.6 is 0 Å². The van der Waals surface area contributed by atoms with Crippen molar-refractivity contribution < 1.29 is 4.42 Å². The fraction of sp³-hybridized carbons (Fsp3) is 0. The average Bonchev–Trinajstić information content (AvgIpc) is 3.68. The lowest BCUT2D eigenvalue weighted by molar-refractivity contribution is 0.674. The van der Waals surface area contributed by atoms with Crippen LogP contribution in [-0.4, -0.2) is 9.97 Å². The summed E-state index contributed by atoms with van der Waals surface area (Å²) in [5.74, 6) is 0.689. The largest absolute Gasteiger partial charge is 0.455 e. The van der Waals surface area contributed by atoms with Crippen molar-refractivity contribution in [3.05, 3.63) is 206 Å². The van der Waals surface area contributed by atoms with Crippen LogP contribution < -0.4 is 0 Å². The lowest BCUT2D eigenvalue weighted by Gasteiger charge is -2.15. The minimum atomic E-state index is 0.689. The summed E-state index contributed by atoms with van der Waals surface area (Å²) in [6.07, 6.45) is 0. The highest BCUT2D eigenvalue weighted by Gasteiger charge is 2.20. The summed E-state index contributed by atoms with van der Waals surface area (Å²) >= 11 is 0. The fourth-order valence-electron chi connectivity index (χ4n) is 8.38. The molecule has 0 bridgehead atoms. The van der Waals surface area contributed by atoms with Gasteiger partial charge in [0.25, 0.3) is 0 Å². The molecule has 2 heterocycles. The molecule has 0 atom stereocenters. The third kappa shape index (κ3) is 5.68. The zero-order valence-electron chi connectivity index (χ0n) is 30.9. The van der Waals surface area contributed by atoms with E-state index in [1.165, 1.54) is 5.56 Å². The summed E-state index contributed by atoms with van der Waals surface area (Å²) in [5, 5.41) is 6.68. The number of rotatable bonds is 6. The van der Waals surface area contributed by atoms with E-state index in [0.29, 0.717) is 5.82 Å². The summed E-state index contributed by atoms with van der Waals surface area (Å²) in [7, 11) is 0. The lowest BCUT2D eigenvalue weighted by Crippen LogP contribution is -1.97. The van der Waals surface area contributed by atoms with E-state index >= 15 is 0 Å². The molecule has 0 aliphatic rings. The predicted octanol–water partition coefficient (Wildman–Crippen LogP) is 14.7. The Kier molecular flexibility index (Phi) is 7.82. The minimum Gasteiger partial charge on any atom is -0.455 e. The molecule has 0 saturated carbocycles. The third-order valence-corrected chi connectivity index (χ3v) is 11.1. The smallest absolute Gasteiger partial charge is 0.161 e. The maximum atomic E-state index is 6.82. The van der Waals surface area contributed by atoms with E-state index in [0.717, 1.165) is 99.4 Å². The molecule has 0 fully saturated rings. The first-order chi connectivity index (χ1) is 28.3. The topological polar surface area (TPSA) is 38.9 Å². The molecular formula is C54H34N2O. The molecule has 0 radical (unpaired) electrons. The van der Waals surface area contributed by atoms with E-state index in [9.17, 15) is 0 Å². The van der Waals surface area contributed by atoms with Crippen molar-refractivity contribution in [1.29, 1.82) is 0 Å². The van der Waals surface area contributed by atoms with E-state index in [2.05, 4.69) is 188 Å². The molecule has 0 saturated heterocycles. The van der Waals surface area contributed by atoms with Crippen LogP contribution in [0.4, 0.5) is 0 Å². The molecule has 0 spiro atoms. The Labute approximate surface area is 330 Å². The maximum Gasteiger partial charge on any atom is 0.161 e. The first kappa shape index (κ1) is 32.8. The molecule has 2 aromatic heterocycles. The number of aromatic nitrogens is 2. The summed E-state index contributed by atoms with van der Waals surface area (Å²) in [5.41, 5.74) is 13.5. The van der Waals surface area contributed by atoms with Crippen LogP contribution in [0.3, 0.4) is 0 Å². The summed E-state index contributed by atoms with van der Waals surface area (Å²) in [6.45, 7) is 0. The van der Waals surface area contributed by atoms with Gasteiger partial charge in [0.05, 0.1) is 11.4 Å². The fourth-order valence-corrected chi connectivity index (χ4v) is 8.38. The Bertz CT molecular complexity index is 3280. The van der Waals surface area contributed by atoms with Crippen LogP contribution in [0.25, 0.3) is 111 Å². The molecule has 0 amide bonds. The second-order valence-electron chi connectivity index (χ2n) is 14.5. The third-order valence-electron chi connectivity index (χ3n) is 11.1. The Morgan fingerprint density at radius 3 is 1.47 bits per heavy atom. The molecule has 0 unspecified atom stereocenters. The van der Waals surface area contributed by atoms with Gasteiger partial charge < -0.3 is 4.42 Å². The number of furan rings is 1. The van der Waals surface area contributed by atoms with Gasteiger partial charge in [-0.05, 0) is 68.2 Å². The van der Waals surface area contributed by atoms with Crippen molar-refractivity contribution >= 4 is 43.5 Å². The van der Waals surface area contributed by atoms with Gasteiger partial charge in [0.1, 0.15) is 11.2 Å². The van der Waals surface area contributed by atoms with E-state index in [4.69, 9.17) is 14.4 Å². The van der Waals surface area contributed by atoms with Crippen molar-refractivity contribution in [2.24, 2.45) is 0 Å². The summed E-state index contributed by atoms with van der Waals surface area (Å²) in [4.78, 5) is 10.6. The molecule has 0 aliphatic heterocycles. The molecule has 3 heteroatoms. The van der Waals surface area contributed by atoms with Crippen LogP contribution in [0.15, 0.2) is 211 Å². The van der Waals surface area contributed by atoms with E-state index < -0.39 is 0 Å². The highest BCUT2D eigenvalue weighted by molar-refractivity contribution is 6.22. The normalized spacial score (nSPS) is 11.5. The second kappa shape index (κ2) is 13.6. The maximum absolute atomic E-state index is 6.82. The lowest BCUT2D eigenvalue weighted by atomic mass is 9.90. The van der Waals surface area contributed by atoms with Gasteiger partial charge in [0.2, 0.25) is 0 Å². The summed E-state index contributed by atoms with van der Waals surface area (Å²) in [6, 6.07) is 72.6. The number of hydrogen-bond donors (Lipinski definition) is 0. The molecule has 266 valence electrons. The van der Waals surface area contributed by atoms with Crippen LogP contribution in [-0.2, 0) is 0 Å². The van der Waals surface area contributed by atoms with Crippen LogP contribution in [0, 0.1) is 0 Å². The van der Waals surface area contributed by atoms with Gasteiger partial charge >= 0.3 is 0 Å². The molecule has 9 aromatic carbocycles. The Morgan fingerprint density at radius 2 is 0.754 bits per heavy atom. The van der Waals surface area contributed by atoms with Crippen molar-refractivity contribution in [1.82, 2.24) is 9.97 Å². The average molecular weight is 727 g/mol. The van der Waals surface area contributed by atoms with Crippen molar-refractivity contribution in [3.63, 3.8) is 0 Å². The van der Waals surface area contributed by atoms with Crippen LogP contribution in [0.1, 0.15) is 0 Å². The Morgan fingerprint density at radius 1 is 0.263 bits per heavy atom. The van der Waals surface area contributed by atoms with Crippen molar-refractivity contribution in [2.45, 2.75) is 0 Å².